The average Bonchev–Trinajstić information content (AvgIpc) is 2.11. The summed E-state index contributed by atoms with van der Waals surface area (Å²) in [6.07, 6.45) is 0.539. The maximum absolute atomic E-state index is 12.9. The molecule has 0 aliphatic carbocycles. The molecule has 0 radical (unpaired) electrons. The van der Waals surface area contributed by atoms with Crippen LogP contribution in [0.3, 0.4) is 0 Å². The van der Waals surface area contributed by atoms with Gasteiger partial charge >= 0.3 is 0 Å². The van der Waals surface area contributed by atoms with Gasteiger partial charge in [0.25, 0.3) is 0 Å². The quantitative estimate of drug-likeness (QED) is 0.774. The first-order valence-corrected chi connectivity index (χ1v) is 4.36. The first-order chi connectivity index (χ1) is 6.56. The Balaban J connectivity index is 3.10. The number of hydrogen-bond donors (Lipinski definition) is 2. The Morgan fingerprint density at radius 3 is 2.71 bits per heavy atom. The van der Waals surface area contributed by atoms with Crippen molar-refractivity contribution < 1.29 is 14.2 Å². The highest BCUT2D eigenvalue weighted by Gasteiger charge is 2.13. The Hall–Kier alpha value is -1.29. The van der Waals surface area contributed by atoms with Crippen molar-refractivity contribution in [1.82, 2.24) is 0 Å². The van der Waals surface area contributed by atoms with E-state index in [0.29, 0.717) is 12.0 Å². The molecular formula is C10H14FNO2. The van der Waals surface area contributed by atoms with E-state index < -0.39 is 11.6 Å². The molecule has 78 valence electrons. The molecule has 1 rings (SSSR count). The van der Waals surface area contributed by atoms with Gasteiger partial charge in [-0.25, -0.2) is 4.39 Å². The van der Waals surface area contributed by atoms with E-state index in [9.17, 15) is 9.50 Å². The van der Waals surface area contributed by atoms with Crippen molar-refractivity contribution in [2.75, 3.05) is 7.11 Å². The van der Waals surface area contributed by atoms with E-state index in [1.165, 1.54) is 13.2 Å². The highest BCUT2D eigenvalue weighted by molar-refractivity contribution is 5.46. The van der Waals surface area contributed by atoms with E-state index >= 15 is 0 Å². The smallest absolute Gasteiger partial charge is 0.194 e. The Labute approximate surface area is 82.3 Å². The molecule has 0 heterocycles. The molecule has 0 saturated carbocycles. The fourth-order valence-corrected chi connectivity index (χ4v) is 1.32. The number of aromatic hydroxyl groups is 1. The van der Waals surface area contributed by atoms with Crippen LogP contribution in [0.15, 0.2) is 12.1 Å². The van der Waals surface area contributed by atoms with Gasteiger partial charge in [0.05, 0.1) is 7.11 Å². The SMILES string of the molecule is COc1c(CC(C)N)ccc(F)c1O. The van der Waals surface area contributed by atoms with Gasteiger partial charge in [-0.05, 0) is 25.0 Å². The highest BCUT2D eigenvalue weighted by Crippen LogP contribution is 2.33. The van der Waals surface area contributed by atoms with Crippen molar-refractivity contribution in [2.45, 2.75) is 19.4 Å². The lowest BCUT2D eigenvalue weighted by atomic mass is 10.1. The van der Waals surface area contributed by atoms with Crippen LogP contribution in [-0.2, 0) is 6.42 Å². The van der Waals surface area contributed by atoms with Crippen LogP contribution in [0.4, 0.5) is 4.39 Å². The fraction of sp³-hybridized carbons (Fsp3) is 0.400. The molecule has 1 atom stereocenters. The molecule has 0 spiro atoms. The average molecular weight is 199 g/mol. The Bertz CT molecular complexity index is 326. The molecule has 0 aromatic heterocycles. The summed E-state index contributed by atoms with van der Waals surface area (Å²) >= 11 is 0. The molecule has 0 saturated heterocycles. The van der Waals surface area contributed by atoms with Crippen molar-refractivity contribution in [3.63, 3.8) is 0 Å². The minimum atomic E-state index is -0.685. The molecule has 0 aliphatic heterocycles. The lowest BCUT2D eigenvalue weighted by Crippen LogP contribution is -2.18. The normalized spacial score (nSPS) is 12.6. The Morgan fingerprint density at radius 1 is 1.57 bits per heavy atom. The van der Waals surface area contributed by atoms with Gasteiger partial charge in [0.2, 0.25) is 0 Å². The zero-order chi connectivity index (χ0) is 10.7. The van der Waals surface area contributed by atoms with Gasteiger partial charge in [-0.15, -0.1) is 0 Å². The molecule has 0 aliphatic rings. The third kappa shape index (κ3) is 2.14. The molecular weight excluding hydrogens is 185 g/mol. The highest BCUT2D eigenvalue weighted by atomic mass is 19.1. The van der Waals surface area contributed by atoms with Crippen LogP contribution >= 0.6 is 0 Å². The summed E-state index contributed by atoms with van der Waals surface area (Å²) in [5, 5.41) is 9.35. The number of rotatable bonds is 3. The van der Waals surface area contributed by atoms with Gasteiger partial charge in [-0.2, -0.15) is 0 Å². The number of phenols is 1. The summed E-state index contributed by atoms with van der Waals surface area (Å²) in [7, 11) is 1.39. The van der Waals surface area contributed by atoms with E-state index in [1.807, 2.05) is 6.92 Å². The minimum absolute atomic E-state index is 0.0613. The van der Waals surface area contributed by atoms with E-state index in [4.69, 9.17) is 10.5 Å². The predicted molar refractivity (Wildman–Crippen MR) is 52.0 cm³/mol. The summed E-state index contributed by atoms with van der Waals surface area (Å²) in [4.78, 5) is 0. The maximum atomic E-state index is 12.9. The number of hydrogen-bond acceptors (Lipinski definition) is 3. The van der Waals surface area contributed by atoms with Crippen LogP contribution in [0, 0.1) is 5.82 Å². The molecule has 4 heteroatoms. The Kier molecular flexibility index (Phi) is 3.30. The van der Waals surface area contributed by atoms with Crippen LogP contribution in [0.5, 0.6) is 11.5 Å². The zero-order valence-electron chi connectivity index (χ0n) is 8.25. The molecule has 1 unspecified atom stereocenters. The number of benzene rings is 1. The maximum Gasteiger partial charge on any atom is 0.194 e. The van der Waals surface area contributed by atoms with Gasteiger partial charge in [0.1, 0.15) is 0 Å². The fourth-order valence-electron chi connectivity index (χ4n) is 1.32. The van der Waals surface area contributed by atoms with Crippen molar-refractivity contribution in [3.8, 4) is 11.5 Å². The molecule has 3 nitrogen and oxygen atoms in total. The van der Waals surface area contributed by atoms with Crippen molar-refractivity contribution in [1.29, 1.82) is 0 Å². The van der Waals surface area contributed by atoms with Crippen LogP contribution < -0.4 is 10.5 Å². The van der Waals surface area contributed by atoms with Crippen molar-refractivity contribution in [2.24, 2.45) is 5.73 Å². The molecule has 0 bridgehead atoms. The van der Waals surface area contributed by atoms with Crippen molar-refractivity contribution >= 4 is 0 Å². The van der Waals surface area contributed by atoms with E-state index in [0.717, 1.165) is 0 Å². The van der Waals surface area contributed by atoms with Gasteiger partial charge in [-0.1, -0.05) is 6.07 Å². The summed E-state index contributed by atoms with van der Waals surface area (Å²) in [6.45, 7) is 1.83. The minimum Gasteiger partial charge on any atom is -0.502 e. The first-order valence-electron chi connectivity index (χ1n) is 4.36. The topological polar surface area (TPSA) is 55.5 Å². The summed E-state index contributed by atoms with van der Waals surface area (Å²) < 4.78 is 17.8. The molecule has 0 fully saturated rings. The van der Waals surface area contributed by atoms with E-state index in [1.54, 1.807) is 6.07 Å². The standard InChI is InChI=1S/C10H14FNO2/c1-6(12)5-7-3-4-8(11)9(13)10(7)14-2/h3-4,6,13H,5,12H2,1-2H3. The second-order valence-corrected chi connectivity index (χ2v) is 3.27. The summed E-state index contributed by atoms with van der Waals surface area (Å²) in [5.74, 6) is -0.969. The molecule has 3 N–H and O–H groups in total. The van der Waals surface area contributed by atoms with Gasteiger partial charge in [-0.3, -0.25) is 0 Å². The Morgan fingerprint density at radius 2 is 2.21 bits per heavy atom. The predicted octanol–water partition coefficient (Wildman–Crippen LogP) is 1.43. The van der Waals surface area contributed by atoms with Gasteiger partial charge in [0, 0.05) is 6.04 Å². The van der Waals surface area contributed by atoms with Crippen LogP contribution in [-0.4, -0.2) is 18.3 Å². The van der Waals surface area contributed by atoms with Gasteiger partial charge in [0.15, 0.2) is 17.3 Å². The molecule has 1 aromatic carbocycles. The van der Waals surface area contributed by atoms with Crippen LogP contribution in [0.1, 0.15) is 12.5 Å². The molecule has 14 heavy (non-hydrogen) atoms. The van der Waals surface area contributed by atoms with Gasteiger partial charge < -0.3 is 15.6 Å². The second kappa shape index (κ2) is 4.28. The van der Waals surface area contributed by atoms with E-state index in [-0.39, 0.29) is 11.8 Å². The third-order valence-electron chi connectivity index (χ3n) is 1.91. The van der Waals surface area contributed by atoms with Crippen molar-refractivity contribution in [3.05, 3.63) is 23.5 Å². The lowest BCUT2D eigenvalue weighted by molar-refractivity contribution is 0.352. The summed E-state index contributed by atoms with van der Waals surface area (Å²) in [5.41, 5.74) is 6.31. The first kappa shape index (κ1) is 10.8. The lowest BCUT2D eigenvalue weighted by Gasteiger charge is -2.12. The molecule has 0 amide bonds. The van der Waals surface area contributed by atoms with E-state index in [2.05, 4.69) is 0 Å². The molecule has 1 aromatic rings. The number of nitrogens with two attached hydrogens (primary N) is 1. The number of methoxy groups -OCH3 is 1. The second-order valence-electron chi connectivity index (χ2n) is 3.27. The van der Waals surface area contributed by atoms with Crippen LogP contribution in [0.2, 0.25) is 0 Å². The summed E-state index contributed by atoms with van der Waals surface area (Å²) in [6, 6.07) is 2.71. The third-order valence-corrected chi connectivity index (χ3v) is 1.91. The largest absolute Gasteiger partial charge is 0.502 e. The zero-order valence-corrected chi connectivity index (χ0v) is 8.25. The number of ether oxygens (including phenoxy) is 1. The number of halogens is 1. The number of phenolic OH excluding ortho intramolecular Hbond substituents is 1. The van der Waals surface area contributed by atoms with Crippen LogP contribution in [0.25, 0.3) is 0 Å². The monoisotopic (exact) mass is 199 g/mol.